The maximum absolute atomic E-state index is 10.9. The van der Waals surface area contributed by atoms with Crippen molar-refractivity contribution in [3.63, 3.8) is 0 Å². The summed E-state index contributed by atoms with van der Waals surface area (Å²) in [6.45, 7) is 0. The average molecular weight is 260 g/mol. The highest BCUT2D eigenvalue weighted by molar-refractivity contribution is 7.20. The minimum Gasteiger partial charge on any atom is -0.477 e. The van der Waals surface area contributed by atoms with Crippen molar-refractivity contribution >= 4 is 33.4 Å². The Morgan fingerprint density at radius 2 is 2.17 bits per heavy atom. The first-order valence-electron chi connectivity index (χ1n) is 4.97. The van der Waals surface area contributed by atoms with E-state index in [4.69, 9.17) is 5.11 Å². The molecule has 2 rings (SSSR count). The van der Waals surface area contributed by atoms with Crippen LogP contribution in [0.1, 0.15) is 15.2 Å². The molecule has 18 heavy (non-hydrogen) atoms. The van der Waals surface area contributed by atoms with Gasteiger partial charge in [0.25, 0.3) is 0 Å². The molecule has 0 fully saturated rings. The van der Waals surface area contributed by atoms with E-state index in [0.717, 1.165) is 10.1 Å². The molecule has 1 aromatic heterocycles. The van der Waals surface area contributed by atoms with Gasteiger partial charge in [0.1, 0.15) is 4.88 Å². The lowest BCUT2D eigenvalue weighted by Crippen LogP contribution is -1.94. The Hall–Kier alpha value is -2.32. The molecule has 0 radical (unpaired) electrons. The van der Waals surface area contributed by atoms with Crippen LogP contribution in [0.2, 0.25) is 0 Å². The predicted molar refractivity (Wildman–Crippen MR) is 67.7 cm³/mol. The first-order chi connectivity index (χ1) is 8.61. The van der Waals surface area contributed by atoms with Gasteiger partial charge in [-0.3, -0.25) is 0 Å². The molecule has 0 aliphatic rings. The fourth-order valence-electron chi connectivity index (χ4n) is 1.44. The lowest BCUT2D eigenvalue weighted by atomic mass is 10.1. The summed E-state index contributed by atoms with van der Waals surface area (Å²) >= 11 is 1.18. The van der Waals surface area contributed by atoms with Gasteiger partial charge >= 0.3 is 11.9 Å². The Morgan fingerprint density at radius 3 is 2.83 bits per heavy atom. The summed E-state index contributed by atoms with van der Waals surface area (Å²) in [5, 5.41) is 9.67. The second kappa shape index (κ2) is 4.90. The van der Waals surface area contributed by atoms with Gasteiger partial charge in [-0.05, 0) is 18.2 Å². The fourth-order valence-corrected chi connectivity index (χ4v) is 2.37. The quantitative estimate of drug-likeness (QED) is 0.630. The van der Waals surface area contributed by atoms with Crippen LogP contribution in [0.5, 0.6) is 0 Å². The number of aromatic carboxylic acids is 1. The molecular weight excluding hydrogens is 252 g/mol. The molecule has 5 heteroatoms. The minimum atomic E-state index is -0.969. The lowest BCUT2D eigenvalue weighted by molar-refractivity contribution is -0.133. The number of rotatable bonds is 1. The van der Waals surface area contributed by atoms with Gasteiger partial charge in [0.15, 0.2) is 0 Å². The van der Waals surface area contributed by atoms with Gasteiger partial charge in [0, 0.05) is 21.6 Å². The topological polar surface area (TPSA) is 63.6 Å². The molecular formula is C13H8O4S. The largest absolute Gasteiger partial charge is 0.477 e. The number of hydrogen-bond donors (Lipinski definition) is 1. The van der Waals surface area contributed by atoms with Crippen LogP contribution in [0, 0.1) is 11.8 Å². The van der Waals surface area contributed by atoms with Crippen LogP contribution in [0.15, 0.2) is 24.3 Å². The van der Waals surface area contributed by atoms with Crippen LogP contribution < -0.4 is 0 Å². The second-order valence-electron chi connectivity index (χ2n) is 3.37. The van der Waals surface area contributed by atoms with E-state index in [0.29, 0.717) is 5.56 Å². The number of carbonyl (C=O) groups is 2. The molecule has 1 heterocycles. The van der Waals surface area contributed by atoms with Gasteiger partial charge in [-0.2, -0.15) is 0 Å². The van der Waals surface area contributed by atoms with E-state index < -0.39 is 11.9 Å². The summed E-state index contributed by atoms with van der Waals surface area (Å²) in [4.78, 5) is 22.1. The number of thiophene rings is 1. The Balaban J connectivity index is 2.53. The molecule has 0 aliphatic carbocycles. The van der Waals surface area contributed by atoms with Crippen molar-refractivity contribution in [3.05, 3.63) is 34.7 Å². The van der Waals surface area contributed by atoms with E-state index in [2.05, 4.69) is 16.6 Å². The smallest absolute Gasteiger partial charge is 0.384 e. The van der Waals surface area contributed by atoms with E-state index >= 15 is 0 Å². The number of carboxylic acids is 1. The highest BCUT2D eigenvalue weighted by atomic mass is 32.1. The van der Waals surface area contributed by atoms with Gasteiger partial charge < -0.3 is 9.84 Å². The standard InChI is InChI=1S/C13H8O4S/c1-17-12(14)6-5-8-3-2-4-10-9(8)7-11(18-10)13(15)16/h2-4,7H,1H3,(H,15,16). The average Bonchev–Trinajstić information content (AvgIpc) is 2.80. The van der Waals surface area contributed by atoms with E-state index in [1.165, 1.54) is 18.4 Å². The molecule has 90 valence electrons. The molecule has 0 aliphatic heterocycles. The summed E-state index contributed by atoms with van der Waals surface area (Å²) in [6.07, 6.45) is 0. The summed E-state index contributed by atoms with van der Waals surface area (Å²) in [5.74, 6) is 3.41. The fraction of sp³-hybridized carbons (Fsp3) is 0.0769. The SMILES string of the molecule is COC(=O)C#Cc1cccc2sc(C(=O)O)cc12. The number of ether oxygens (including phenoxy) is 1. The molecule has 0 saturated carbocycles. The van der Waals surface area contributed by atoms with E-state index in [9.17, 15) is 9.59 Å². The number of fused-ring (bicyclic) bond motifs is 1. The van der Waals surface area contributed by atoms with E-state index in [1.807, 2.05) is 6.07 Å². The monoisotopic (exact) mass is 260 g/mol. The molecule has 0 atom stereocenters. The lowest BCUT2D eigenvalue weighted by Gasteiger charge is -1.92. The second-order valence-corrected chi connectivity index (χ2v) is 4.46. The molecule has 0 bridgehead atoms. The molecule has 1 N–H and O–H groups in total. The van der Waals surface area contributed by atoms with Crippen molar-refractivity contribution in [2.75, 3.05) is 7.11 Å². The van der Waals surface area contributed by atoms with Gasteiger partial charge in [-0.1, -0.05) is 12.0 Å². The highest BCUT2D eigenvalue weighted by Crippen LogP contribution is 2.27. The van der Waals surface area contributed by atoms with E-state index in [1.54, 1.807) is 18.2 Å². The molecule has 0 saturated heterocycles. The number of hydrogen-bond acceptors (Lipinski definition) is 4. The molecule has 0 amide bonds. The van der Waals surface area contributed by atoms with Crippen molar-refractivity contribution in [2.24, 2.45) is 0 Å². The van der Waals surface area contributed by atoms with Crippen LogP contribution in [0.3, 0.4) is 0 Å². The number of esters is 1. The van der Waals surface area contributed by atoms with E-state index in [-0.39, 0.29) is 4.88 Å². The van der Waals surface area contributed by atoms with Crippen LogP contribution in [-0.2, 0) is 9.53 Å². The Morgan fingerprint density at radius 1 is 1.39 bits per heavy atom. The van der Waals surface area contributed by atoms with Crippen LogP contribution in [-0.4, -0.2) is 24.2 Å². The zero-order valence-corrected chi connectivity index (χ0v) is 10.2. The highest BCUT2D eigenvalue weighted by Gasteiger charge is 2.10. The maximum atomic E-state index is 10.9. The third-order valence-corrected chi connectivity index (χ3v) is 3.35. The number of benzene rings is 1. The molecule has 0 spiro atoms. The van der Waals surface area contributed by atoms with Crippen molar-refractivity contribution in [2.45, 2.75) is 0 Å². The Kier molecular flexibility index (Phi) is 3.31. The summed E-state index contributed by atoms with van der Waals surface area (Å²) < 4.78 is 5.25. The normalized spacial score (nSPS) is 9.61. The zero-order chi connectivity index (χ0) is 13.1. The summed E-state index contributed by atoms with van der Waals surface area (Å²) in [6, 6.07) is 6.88. The zero-order valence-electron chi connectivity index (χ0n) is 9.39. The van der Waals surface area contributed by atoms with Crippen molar-refractivity contribution in [1.82, 2.24) is 0 Å². The summed E-state index contributed by atoms with van der Waals surface area (Å²) in [7, 11) is 1.25. The molecule has 1 aromatic carbocycles. The van der Waals surface area contributed by atoms with Crippen LogP contribution in [0.25, 0.3) is 10.1 Å². The first-order valence-corrected chi connectivity index (χ1v) is 5.79. The third-order valence-electron chi connectivity index (χ3n) is 2.26. The van der Waals surface area contributed by atoms with Crippen molar-refractivity contribution < 1.29 is 19.4 Å². The Labute approximate surface area is 107 Å². The van der Waals surface area contributed by atoms with Crippen molar-refractivity contribution in [1.29, 1.82) is 0 Å². The van der Waals surface area contributed by atoms with Gasteiger partial charge in [0.2, 0.25) is 0 Å². The molecule has 0 unspecified atom stereocenters. The van der Waals surface area contributed by atoms with Gasteiger partial charge in [-0.15, -0.1) is 11.3 Å². The number of methoxy groups -OCH3 is 1. The van der Waals surface area contributed by atoms with Crippen LogP contribution in [0.4, 0.5) is 0 Å². The van der Waals surface area contributed by atoms with Gasteiger partial charge in [0.05, 0.1) is 7.11 Å². The number of carboxylic acid groups (broad SMARTS) is 1. The summed E-state index contributed by atoms with van der Waals surface area (Å²) in [5.41, 5.74) is 0.613. The first kappa shape index (κ1) is 12.1. The third kappa shape index (κ3) is 2.34. The molecule has 4 nitrogen and oxygen atoms in total. The van der Waals surface area contributed by atoms with Gasteiger partial charge in [-0.25, -0.2) is 9.59 Å². The van der Waals surface area contributed by atoms with Crippen LogP contribution >= 0.6 is 11.3 Å². The number of carbonyl (C=O) groups excluding carboxylic acids is 1. The predicted octanol–water partition coefficient (Wildman–Crippen LogP) is 2.12. The molecule has 2 aromatic rings. The Bertz CT molecular complexity index is 688. The maximum Gasteiger partial charge on any atom is 0.384 e. The minimum absolute atomic E-state index is 0.248. The van der Waals surface area contributed by atoms with Crippen molar-refractivity contribution in [3.8, 4) is 11.8 Å².